The lowest BCUT2D eigenvalue weighted by Gasteiger charge is -2.05. The summed E-state index contributed by atoms with van der Waals surface area (Å²) in [7, 11) is 1.30. The summed E-state index contributed by atoms with van der Waals surface area (Å²) >= 11 is 0. The van der Waals surface area contributed by atoms with Crippen molar-refractivity contribution < 1.29 is 14.3 Å². The van der Waals surface area contributed by atoms with Gasteiger partial charge in [-0.3, -0.25) is 4.79 Å². The number of esters is 1. The van der Waals surface area contributed by atoms with E-state index < -0.39 is 11.9 Å². The number of para-hydroxylation sites is 1. The van der Waals surface area contributed by atoms with Gasteiger partial charge in [-0.05, 0) is 37.3 Å². The van der Waals surface area contributed by atoms with Crippen LogP contribution in [-0.4, -0.2) is 34.0 Å². The highest BCUT2D eigenvalue weighted by Crippen LogP contribution is 2.14. The Balaban J connectivity index is 1.83. The van der Waals surface area contributed by atoms with Gasteiger partial charge in [0.25, 0.3) is 5.91 Å². The van der Waals surface area contributed by atoms with Gasteiger partial charge in [0.15, 0.2) is 5.69 Å². The molecule has 2 aromatic carbocycles. The SMILES string of the molecule is COC(=O)c1cccc(NC(=O)c2nn(-c3ccccc3)nc2C)c1. The Labute approximate surface area is 144 Å². The molecule has 1 N–H and O–H groups in total. The summed E-state index contributed by atoms with van der Waals surface area (Å²) in [4.78, 5) is 25.5. The molecule has 0 fully saturated rings. The molecule has 3 rings (SSSR count). The van der Waals surface area contributed by atoms with Gasteiger partial charge >= 0.3 is 5.97 Å². The minimum absolute atomic E-state index is 0.215. The summed E-state index contributed by atoms with van der Waals surface area (Å²) in [6, 6.07) is 15.8. The van der Waals surface area contributed by atoms with Crippen molar-refractivity contribution in [2.24, 2.45) is 0 Å². The number of rotatable bonds is 4. The molecule has 7 nitrogen and oxygen atoms in total. The molecule has 0 radical (unpaired) electrons. The quantitative estimate of drug-likeness (QED) is 0.740. The van der Waals surface area contributed by atoms with E-state index in [1.165, 1.54) is 11.9 Å². The fraction of sp³-hybridized carbons (Fsp3) is 0.111. The molecule has 1 amide bonds. The maximum absolute atomic E-state index is 12.5. The third kappa shape index (κ3) is 3.55. The second-order valence-electron chi connectivity index (χ2n) is 5.29. The molecule has 0 aliphatic rings. The van der Waals surface area contributed by atoms with Crippen LogP contribution in [0.15, 0.2) is 54.6 Å². The van der Waals surface area contributed by atoms with Crippen LogP contribution < -0.4 is 5.32 Å². The number of amides is 1. The molecule has 0 atom stereocenters. The molecule has 126 valence electrons. The normalized spacial score (nSPS) is 10.3. The average Bonchev–Trinajstić information content (AvgIpc) is 3.04. The van der Waals surface area contributed by atoms with Crippen molar-refractivity contribution in [1.82, 2.24) is 15.0 Å². The van der Waals surface area contributed by atoms with Gasteiger partial charge in [-0.1, -0.05) is 24.3 Å². The third-order valence-corrected chi connectivity index (χ3v) is 3.53. The maximum Gasteiger partial charge on any atom is 0.337 e. The summed E-state index contributed by atoms with van der Waals surface area (Å²) < 4.78 is 4.67. The molecule has 1 aromatic heterocycles. The molecular formula is C18H16N4O3. The zero-order valence-corrected chi connectivity index (χ0v) is 13.8. The summed E-state index contributed by atoms with van der Waals surface area (Å²) in [5.74, 6) is -0.871. The first kappa shape index (κ1) is 16.4. The highest BCUT2D eigenvalue weighted by Gasteiger charge is 2.17. The van der Waals surface area contributed by atoms with Crippen molar-refractivity contribution in [2.75, 3.05) is 12.4 Å². The number of ether oxygens (including phenoxy) is 1. The molecule has 0 aliphatic carbocycles. The van der Waals surface area contributed by atoms with Crippen LogP contribution in [0.2, 0.25) is 0 Å². The van der Waals surface area contributed by atoms with E-state index in [1.807, 2.05) is 30.3 Å². The topological polar surface area (TPSA) is 86.1 Å². The van der Waals surface area contributed by atoms with Gasteiger partial charge in [0.05, 0.1) is 24.1 Å². The Morgan fingerprint density at radius 1 is 1.04 bits per heavy atom. The second kappa shape index (κ2) is 6.96. The molecule has 0 unspecified atom stereocenters. The number of hydrogen-bond donors (Lipinski definition) is 1. The van der Waals surface area contributed by atoms with Crippen LogP contribution in [0.1, 0.15) is 26.5 Å². The van der Waals surface area contributed by atoms with Gasteiger partial charge in [-0.2, -0.15) is 9.90 Å². The lowest BCUT2D eigenvalue weighted by molar-refractivity contribution is 0.0600. The molecule has 0 spiro atoms. The van der Waals surface area contributed by atoms with E-state index in [-0.39, 0.29) is 5.69 Å². The van der Waals surface area contributed by atoms with E-state index in [2.05, 4.69) is 20.3 Å². The Kier molecular flexibility index (Phi) is 4.56. The fourth-order valence-corrected chi connectivity index (χ4v) is 2.30. The molecule has 1 heterocycles. The first-order valence-electron chi connectivity index (χ1n) is 7.57. The fourth-order valence-electron chi connectivity index (χ4n) is 2.30. The molecule has 0 saturated carbocycles. The molecular weight excluding hydrogens is 320 g/mol. The summed E-state index contributed by atoms with van der Waals surface area (Å²) in [6.07, 6.45) is 0. The van der Waals surface area contributed by atoms with Gasteiger partial charge in [-0.15, -0.1) is 5.10 Å². The number of benzene rings is 2. The highest BCUT2D eigenvalue weighted by atomic mass is 16.5. The number of hydrogen-bond acceptors (Lipinski definition) is 5. The van der Waals surface area contributed by atoms with Crippen LogP contribution in [-0.2, 0) is 4.74 Å². The lowest BCUT2D eigenvalue weighted by Crippen LogP contribution is -2.14. The average molecular weight is 336 g/mol. The van der Waals surface area contributed by atoms with Crippen LogP contribution in [0.3, 0.4) is 0 Å². The van der Waals surface area contributed by atoms with Crippen LogP contribution >= 0.6 is 0 Å². The lowest BCUT2D eigenvalue weighted by atomic mass is 10.2. The minimum Gasteiger partial charge on any atom is -0.465 e. The summed E-state index contributed by atoms with van der Waals surface area (Å²) in [5, 5.41) is 11.2. The number of aromatic nitrogens is 3. The smallest absolute Gasteiger partial charge is 0.337 e. The van der Waals surface area contributed by atoms with E-state index in [9.17, 15) is 9.59 Å². The maximum atomic E-state index is 12.5. The first-order chi connectivity index (χ1) is 12.1. The second-order valence-corrected chi connectivity index (χ2v) is 5.29. The Bertz CT molecular complexity index is 919. The van der Waals surface area contributed by atoms with Gasteiger partial charge in [0.2, 0.25) is 0 Å². The first-order valence-corrected chi connectivity index (χ1v) is 7.57. The number of carbonyl (C=O) groups excluding carboxylic acids is 2. The van der Waals surface area contributed by atoms with E-state index in [0.717, 1.165) is 5.69 Å². The van der Waals surface area contributed by atoms with Crippen molar-refractivity contribution >= 4 is 17.6 Å². The number of methoxy groups -OCH3 is 1. The van der Waals surface area contributed by atoms with Crippen molar-refractivity contribution in [3.8, 4) is 5.69 Å². The Hall–Kier alpha value is -3.48. The Morgan fingerprint density at radius 3 is 2.52 bits per heavy atom. The molecule has 7 heteroatoms. The molecule has 0 bridgehead atoms. The molecule has 0 saturated heterocycles. The predicted molar refractivity (Wildman–Crippen MR) is 91.8 cm³/mol. The number of nitrogens with zero attached hydrogens (tertiary/aromatic N) is 3. The highest BCUT2D eigenvalue weighted by molar-refractivity contribution is 6.04. The van der Waals surface area contributed by atoms with E-state index in [4.69, 9.17) is 0 Å². The molecule has 0 aliphatic heterocycles. The van der Waals surface area contributed by atoms with E-state index in [0.29, 0.717) is 16.9 Å². The van der Waals surface area contributed by atoms with Crippen molar-refractivity contribution in [2.45, 2.75) is 6.92 Å². The molecule has 3 aromatic rings. The van der Waals surface area contributed by atoms with Crippen LogP contribution in [0.5, 0.6) is 0 Å². The number of nitrogens with one attached hydrogen (secondary N) is 1. The Morgan fingerprint density at radius 2 is 1.80 bits per heavy atom. The zero-order chi connectivity index (χ0) is 17.8. The number of carbonyl (C=O) groups is 2. The molecule has 25 heavy (non-hydrogen) atoms. The zero-order valence-electron chi connectivity index (χ0n) is 13.8. The largest absolute Gasteiger partial charge is 0.465 e. The monoisotopic (exact) mass is 336 g/mol. The van der Waals surface area contributed by atoms with Gasteiger partial charge < -0.3 is 10.1 Å². The predicted octanol–water partition coefficient (Wildman–Crippen LogP) is 2.61. The summed E-state index contributed by atoms with van der Waals surface area (Å²) in [5.41, 5.74) is 2.31. The van der Waals surface area contributed by atoms with Crippen LogP contribution in [0.25, 0.3) is 5.69 Å². The van der Waals surface area contributed by atoms with Gasteiger partial charge in [-0.25, -0.2) is 4.79 Å². The standard InChI is InChI=1S/C18H16N4O3/c1-12-16(21-22(20-12)15-9-4-3-5-10-15)17(23)19-14-8-6-7-13(11-14)18(24)25-2/h3-11H,1-2H3,(H,19,23). The minimum atomic E-state index is -0.470. The van der Waals surface area contributed by atoms with Crippen molar-refractivity contribution in [3.05, 3.63) is 71.5 Å². The number of aryl methyl sites for hydroxylation is 1. The van der Waals surface area contributed by atoms with Gasteiger partial charge in [0, 0.05) is 5.69 Å². The number of anilines is 1. The van der Waals surface area contributed by atoms with Gasteiger partial charge in [0.1, 0.15) is 0 Å². The van der Waals surface area contributed by atoms with Crippen LogP contribution in [0.4, 0.5) is 5.69 Å². The van der Waals surface area contributed by atoms with Crippen LogP contribution in [0, 0.1) is 6.92 Å². The van der Waals surface area contributed by atoms with Crippen molar-refractivity contribution in [1.29, 1.82) is 0 Å². The third-order valence-electron chi connectivity index (χ3n) is 3.53. The van der Waals surface area contributed by atoms with Crippen molar-refractivity contribution in [3.63, 3.8) is 0 Å². The van der Waals surface area contributed by atoms with E-state index in [1.54, 1.807) is 31.2 Å². The summed E-state index contributed by atoms with van der Waals surface area (Å²) in [6.45, 7) is 1.71. The van der Waals surface area contributed by atoms with E-state index >= 15 is 0 Å².